The third-order valence-electron chi connectivity index (χ3n) is 4.60. The minimum Gasteiger partial charge on any atom is -0.497 e. The van der Waals surface area contributed by atoms with Crippen LogP contribution in [0.15, 0.2) is 24.4 Å². The minimum absolute atomic E-state index is 0.359. The maximum absolute atomic E-state index is 14.2. The Hall–Kier alpha value is -2.21. The van der Waals surface area contributed by atoms with E-state index in [9.17, 15) is 14.3 Å². The van der Waals surface area contributed by atoms with Gasteiger partial charge >= 0.3 is 5.97 Å². The summed E-state index contributed by atoms with van der Waals surface area (Å²) in [6.45, 7) is 0.964. The highest BCUT2D eigenvalue weighted by atomic mass is 19.1. The maximum Gasteiger partial charge on any atom is 0.312 e. The number of aromatic nitrogens is 1. The average Bonchev–Trinajstić information content (AvgIpc) is 2.50. The lowest BCUT2D eigenvalue weighted by Gasteiger charge is -2.38. The van der Waals surface area contributed by atoms with E-state index in [0.717, 1.165) is 5.39 Å². The number of aryl methyl sites for hydroxylation is 1. The molecule has 1 fully saturated rings. The predicted molar refractivity (Wildman–Crippen MR) is 84.1 cm³/mol. The predicted octanol–water partition coefficient (Wildman–Crippen LogP) is 2.38. The highest BCUT2D eigenvalue weighted by molar-refractivity contribution is 5.83. The van der Waals surface area contributed by atoms with Gasteiger partial charge in [0.05, 0.1) is 24.2 Å². The molecule has 1 aromatic heterocycles. The van der Waals surface area contributed by atoms with E-state index in [1.54, 1.807) is 25.3 Å². The first-order chi connectivity index (χ1) is 11.1. The van der Waals surface area contributed by atoms with Crippen molar-refractivity contribution in [1.82, 2.24) is 10.3 Å². The Bertz CT molecular complexity index is 744. The topological polar surface area (TPSA) is 71.5 Å². The fraction of sp³-hybridized carbons (Fsp3) is 0.412. The van der Waals surface area contributed by atoms with E-state index in [-0.39, 0.29) is 5.82 Å². The van der Waals surface area contributed by atoms with Crippen molar-refractivity contribution < 1.29 is 19.0 Å². The quantitative estimate of drug-likeness (QED) is 0.855. The third kappa shape index (κ3) is 2.86. The summed E-state index contributed by atoms with van der Waals surface area (Å²) in [5, 5.41) is 13.1. The number of halogens is 1. The summed E-state index contributed by atoms with van der Waals surface area (Å²) in [5.41, 5.74) is 0.582. The Labute approximate surface area is 133 Å². The van der Waals surface area contributed by atoms with Crippen molar-refractivity contribution in [3.05, 3.63) is 35.8 Å². The molecule has 0 saturated carbocycles. The summed E-state index contributed by atoms with van der Waals surface area (Å²) in [6, 6.07) is 5.36. The summed E-state index contributed by atoms with van der Waals surface area (Å²) in [6.07, 6.45) is 2.85. The summed E-state index contributed by atoms with van der Waals surface area (Å²) in [4.78, 5) is 15.5. The van der Waals surface area contributed by atoms with Crippen molar-refractivity contribution >= 4 is 16.9 Å². The SMILES string of the molecule is COc1ccc2ncc(F)c(CCCC3(C(=O)O)CNC3)c2c1. The summed E-state index contributed by atoms with van der Waals surface area (Å²) >= 11 is 0. The maximum atomic E-state index is 14.2. The van der Waals surface area contributed by atoms with Gasteiger partial charge in [0.2, 0.25) is 0 Å². The molecule has 3 rings (SSSR count). The molecule has 2 heterocycles. The first-order valence-electron chi connectivity index (χ1n) is 7.61. The Morgan fingerprint density at radius 1 is 1.48 bits per heavy atom. The molecule has 0 bridgehead atoms. The summed E-state index contributed by atoms with van der Waals surface area (Å²) in [7, 11) is 1.56. The zero-order valence-electron chi connectivity index (χ0n) is 12.9. The van der Waals surface area contributed by atoms with Crippen LogP contribution in [0.2, 0.25) is 0 Å². The fourth-order valence-electron chi connectivity index (χ4n) is 3.05. The van der Waals surface area contributed by atoms with Crippen LogP contribution < -0.4 is 10.1 Å². The first kappa shape index (κ1) is 15.7. The number of nitrogens with one attached hydrogen (secondary N) is 1. The molecule has 2 aromatic rings. The highest BCUT2D eigenvalue weighted by Crippen LogP contribution is 2.31. The van der Waals surface area contributed by atoms with Gasteiger partial charge in [-0.1, -0.05) is 0 Å². The van der Waals surface area contributed by atoms with E-state index in [1.807, 2.05) is 0 Å². The monoisotopic (exact) mass is 318 g/mol. The second-order valence-electron chi connectivity index (χ2n) is 6.01. The molecule has 23 heavy (non-hydrogen) atoms. The smallest absolute Gasteiger partial charge is 0.312 e. The molecule has 122 valence electrons. The van der Waals surface area contributed by atoms with Crippen LogP contribution in [0.3, 0.4) is 0 Å². The molecule has 1 aliphatic rings. The zero-order valence-corrected chi connectivity index (χ0v) is 12.9. The number of hydrogen-bond donors (Lipinski definition) is 2. The molecular formula is C17H19FN2O3. The molecule has 1 aliphatic heterocycles. The lowest BCUT2D eigenvalue weighted by Crippen LogP contribution is -2.58. The second-order valence-corrected chi connectivity index (χ2v) is 6.01. The summed E-state index contributed by atoms with van der Waals surface area (Å²) in [5.74, 6) is -0.490. The van der Waals surface area contributed by atoms with Crippen LogP contribution in [0.5, 0.6) is 5.75 Å². The molecule has 0 atom stereocenters. The van der Waals surface area contributed by atoms with Gasteiger partial charge < -0.3 is 15.2 Å². The first-order valence-corrected chi connectivity index (χ1v) is 7.61. The standard InChI is InChI=1S/C17H19FN2O3/c1-23-11-4-5-15-13(7-11)12(14(18)8-20-15)3-2-6-17(16(21)22)9-19-10-17/h4-5,7-8,19H,2-3,6,9-10H2,1H3,(H,21,22). The molecule has 0 spiro atoms. The lowest BCUT2D eigenvalue weighted by atomic mass is 9.77. The van der Waals surface area contributed by atoms with Crippen molar-refractivity contribution in [3.8, 4) is 5.75 Å². The molecule has 0 unspecified atom stereocenters. The van der Waals surface area contributed by atoms with Gasteiger partial charge in [0.25, 0.3) is 0 Å². The number of rotatable bonds is 6. The normalized spacial score (nSPS) is 16.1. The zero-order chi connectivity index (χ0) is 16.4. The molecule has 1 saturated heterocycles. The molecule has 2 N–H and O–H groups in total. The van der Waals surface area contributed by atoms with Crippen molar-refractivity contribution in [2.24, 2.45) is 5.41 Å². The molecule has 1 aromatic carbocycles. The Morgan fingerprint density at radius 3 is 2.87 bits per heavy atom. The average molecular weight is 318 g/mol. The van der Waals surface area contributed by atoms with E-state index >= 15 is 0 Å². The van der Waals surface area contributed by atoms with Crippen LogP contribution in [0, 0.1) is 11.2 Å². The Morgan fingerprint density at radius 2 is 2.26 bits per heavy atom. The van der Waals surface area contributed by atoms with Gasteiger partial charge in [-0.15, -0.1) is 0 Å². The van der Waals surface area contributed by atoms with Gasteiger partial charge in [-0.3, -0.25) is 9.78 Å². The van der Waals surface area contributed by atoms with Crippen molar-refractivity contribution in [3.63, 3.8) is 0 Å². The van der Waals surface area contributed by atoms with Crippen LogP contribution in [-0.4, -0.2) is 36.3 Å². The van der Waals surface area contributed by atoms with E-state index in [1.165, 1.54) is 6.20 Å². The van der Waals surface area contributed by atoms with Crippen molar-refractivity contribution in [1.29, 1.82) is 0 Å². The number of carboxylic acids is 1. The molecule has 0 radical (unpaired) electrons. The number of methoxy groups -OCH3 is 1. The number of fused-ring (bicyclic) bond motifs is 1. The van der Waals surface area contributed by atoms with E-state index in [0.29, 0.717) is 49.2 Å². The van der Waals surface area contributed by atoms with Gasteiger partial charge in [0.1, 0.15) is 11.6 Å². The van der Waals surface area contributed by atoms with Crippen molar-refractivity contribution in [2.75, 3.05) is 20.2 Å². The number of pyridine rings is 1. The largest absolute Gasteiger partial charge is 0.497 e. The molecule has 0 amide bonds. The lowest BCUT2D eigenvalue weighted by molar-refractivity contribution is -0.152. The van der Waals surface area contributed by atoms with E-state index in [2.05, 4.69) is 10.3 Å². The van der Waals surface area contributed by atoms with Crippen LogP contribution in [-0.2, 0) is 11.2 Å². The molecule has 6 heteroatoms. The second kappa shape index (κ2) is 6.12. The number of nitrogens with zero attached hydrogens (tertiary/aromatic N) is 1. The van der Waals surface area contributed by atoms with E-state index in [4.69, 9.17) is 4.74 Å². The number of carbonyl (C=O) groups is 1. The number of aliphatic carboxylic acids is 1. The van der Waals surface area contributed by atoms with E-state index < -0.39 is 11.4 Å². The summed E-state index contributed by atoms with van der Waals surface area (Å²) < 4.78 is 19.4. The van der Waals surface area contributed by atoms with Crippen LogP contribution in [0.1, 0.15) is 18.4 Å². The molecule has 5 nitrogen and oxygen atoms in total. The number of ether oxygens (including phenoxy) is 1. The third-order valence-corrected chi connectivity index (χ3v) is 4.60. The van der Waals surface area contributed by atoms with Gasteiger partial charge in [-0.05, 0) is 43.0 Å². The minimum atomic E-state index is -0.780. The molecular weight excluding hydrogens is 299 g/mol. The highest BCUT2D eigenvalue weighted by Gasteiger charge is 2.43. The Kier molecular flexibility index (Phi) is 4.17. The van der Waals surface area contributed by atoms with Crippen molar-refractivity contribution in [2.45, 2.75) is 19.3 Å². The number of carboxylic acid groups (broad SMARTS) is 1. The van der Waals surface area contributed by atoms with Crippen LogP contribution >= 0.6 is 0 Å². The van der Waals surface area contributed by atoms with Crippen LogP contribution in [0.25, 0.3) is 10.9 Å². The van der Waals surface area contributed by atoms with Gasteiger partial charge in [0, 0.05) is 18.5 Å². The van der Waals surface area contributed by atoms with Gasteiger partial charge in [-0.2, -0.15) is 0 Å². The van der Waals surface area contributed by atoms with Crippen LogP contribution in [0.4, 0.5) is 4.39 Å². The number of hydrogen-bond acceptors (Lipinski definition) is 4. The van der Waals surface area contributed by atoms with Gasteiger partial charge in [-0.25, -0.2) is 4.39 Å². The van der Waals surface area contributed by atoms with Gasteiger partial charge in [0.15, 0.2) is 0 Å². The molecule has 0 aliphatic carbocycles. The Balaban J connectivity index is 1.81. The number of benzene rings is 1. The fourth-order valence-corrected chi connectivity index (χ4v) is 3.05.